The number of nitriles is 1. The first-order valence-corrected chi connectivity index (χ1v) is 4.72. The molecule has 1 heterocycles. The van der Waals surface area contributed by atoms with E-state index in [0.29, 0.717) is 5.56 Å². The van der Waals surface area contributed by atoms with Gasteiger partial charge in [-0.25, -0.2) is 0 Å². The molecule has 2 aromatic rings. The van der Waals surface area contributed by atoms with Crippen molar-refractivity contribution in [2.45, 2.75) is 6.92 Å². The maximum atomic E-state index is 9.50. The van der Waals surface area contributed by atoms with Gasteiger partial charge in [0.15, 0.2) is 0 Å². The fourth-order valence-corrected chi connectivity index (χ4v) is 2.27. The lowest BCUT2D eigenvalue weighted by atomic mass is 10.1. The van der Waals surface area contributed by atoms with Crippen LogP contribution in [0.4, 0.5) is 0 Å². The molecular weight excluding hydrogens is 182 g/mol. The summed E-state index contributed by atoms with van der Waals surface area (Å²) in [6.07, 6.45) is 0. The Bertz CT molecular complexity index is 507. The quantitative estimate of drug-likeness (QED) is 0.692. The van der Waals surface area contributed by atoms with Crippen LogP contribution in [-0.2, 0) is 0 Å². The Balaban J connectivity index is 2.97. The van der Waals surface area contributed by atoms with Crippen molar-refractivity contribution >= 4 is 21.4 Å². The molecular formula is C10H7NOS. The molecule has 2 nitrogen and oxygen atoms in total. The van der Waals surface area contributed by atoms with Gasteiger partial charge in [-0.1, -0.05) is 0 Å². The van der Waals surface area contributed by atoms with Crippen LogP contribution < -0.4 is 0 Å². The SMILES string of the molecule is Cc1c(O)cc(C#N)c2ccsc12. The molecule has 0 unspecified atom stereocenters. The van der Waals surface area contributed by atoms with Crippen LogP contribution in [-0.4, -0.2) is 5.11 Å². The second kappa shape index (κ2) is 2.75. The van der Waals surface area contributed by atoms with E-state index in [2.05, 4.69) is 6.07 Å². The number of aryl methyl sites for hydroxylation is 1. The number of aromatic hydroxyl groups is 1. The van der Waals surface area contributed by atoms with Crippen LogP contribution in [0.25, 0.3) is 10.1 Å². The van der Waals surface area contributed by atoms with Crippen LogP contribution in [0, 0.1) is 18.3 Å². The van der Waals surface area contributed by atoms with Crippen LogP contribution in [0.1, 0.15) is 11.1 Å². The zero-order valence-electron chi connectivity index (χ0n) is 7.03. The summed E-state index contributed by atoms with van der Waals surface area (Å²) in [5, 5.41) is 21.2. The number of rotatable bonds is 0. The average molecular weight is 189 g/mol. The summed E-state index contributed by atoms with van der Waals surface area (Å²) in [4.78, 5) is 0. The molecule has 0 amide bonds. The number of benzene rings is 1. The molecule has 1 aromatic carbocycles. The number of phenolic OH excluding ortho intramolecular Hbond substituents is 1. The highest BCUT2D eigenvalue weighted by Crippen LogP contribution is 2.33. The first-order valence-electron chi connectivity index (χ1n) is 3.84. The van der Waals surface area contributed by atoms with Gasteiger partial charge in [0.05, 0.1) is 11.6 Å². The fourth-order valence-electron chi connectivity index (χ4n) is 1.34. The minimum absolute atomic E-state index is 0.200. The summed E-state index contributed by atoms with van der Waals surface area (Å²) < 4.78 is 0.997. The highest BCUT2D eigenvalue weighted by atomic mass is 32.1. The number of hydrogen-bond acceptors (Lipinski definition) is 3. The largest absolute Gasteiger partial charge is 0.508 e. The third-order valence-corrected chi connectivity index (χ3v) is 3.12. The number of thiophene rings is 1. The molecule has 0 fully saturated rings. The van der Waals surface area contributed by atoms with Gasteiger partial charge in [0.1, 0.15) is 5.75 Å². The number of nitrogens with zero attached hydrogens (tertiary/aromatic N) is 1. The third kappa shape index (κ3) is 1.07. The molecule has 2 rings (SSSR count). The van der Waals surface area contributed by atoms with E-state index in [0.717, 1.165) is 15.6 Å². The van der Waals surface area contributed by atoms with E-state index in [1.807, 2.05) is 18.4 Å². The predicted molar refractivity (Wildman–Crippen MR) is 52.9 cm³/mol. The summed E-state index contributed by atoms with van der Waals surface area (Å²) in [5.41, 5.74) is 1.39. The number of fused-ring (bicyclic) bond motifs is 1. The second-order valence-corrected chi connectivity index (χ2v) is 3.76. The van der Waals surface area contributed by atoms with Crippen LogP contribution >= 0.6 is 11.3 Å². The van der Waals surface area contributed by atoms with E-state index in [9.17, 15) is 5.11 Å². The van der Waals surface area contributed by atoms with Crippen molar-refractivity contribution in [1.82, 2.24) is 0 Å². The van der Waals surface area contributed by atoms with Crippen molar-refractivity contribution < 1.29 is 5.11 Å². The van der Waals surface area contributed by atoms with Crippen LogP contribution in [0.15, 0.2) is 17.5 Å². The fraction of sp³-hybridized carbons (Fsp3) is 0.100. The molecule has 0 radical (unpaired) electrons. The smallest absolute Gasteiger partial charge is 0.121 e. The number of hydrogen-bond donors (Lipinski definition) is 1. The Hall–Kier alpha value is -1.53. The molecule has 1 aromatic heterocycles. The number of phenols is 1. The molecule has 0 saturated heterocycles. The lowest BCUT2D eigenvalue weighted by Crippen LogP contribution is -1.80. The van der Waals surface area contributed by atoms with Crippen molar-refractivity contribution in [2.75, 3.05) is 0 Å². The maximum Gasteiger partial charge on any atom is 0.121 e. The van der Waals surface area contributed by atoms with E-state index < -0.39 is 0 Å². The van der Waals surface area contributed by atoms with E-state index in [-0.39, 0.29) is 5.75 Å². The van der Waals surface area contributed by atoms with Crippen LogP contribution in [0.3, 0.4) is 0 Å². The Labute approximate surface area is 79.7 Å². The summed E-state index contributed by atoms with van der Waals surface area (Å²) in [5.74, 6) is 0.200. The van der Waals surface area contributed by atoms with Gasteiger partial charge in [0.25, 0.3) is 0 Å². The summed E-state index contributed by atoms with van der Waals surface area (Å²) in [7, 11) is 0. The van der Waals surface area contributed by atoms with E-state index >= 15 is 0 Å². The first kappa shape index (κ1) is 8.09. The average Bonchev–Trinajstić information content (AvgIpc) is 2.60. The van der Waals surface area contributed by atoms with E-state index in [1.165, 1.54) is 6.07 Å². The summed E-state index contributed by atoms with van der Waals surface area (Å²) in [6, 6.07) is 5.50. The minimum atomic E-state index is 0.200. The van der Waals surface area contributed by atoms with Gasteiger partial charge < -0.3 is 5.11 Å². The van der Waals surface area contributed by atoms with Crippen LogP contribution in [0.2, 0.25) is 0 Å². The standard InChI is InChI=1S/C10H7NOS/c1-6-9(12)4-7(5-11)8-2-3-13-10(6)8/h2-4,12H,1H3. The topological polar surface area (TPSA) is 44.0 Å². The molecule has 0 aliphatic heterocycles. The van der Waals surface area contributed by atoms with Crippen molar-refractivity contribution in [3.8, 4) is 11.8 Å². The second-order valence-electron chi connectivity index (χ2n) is 2.84. The van der Waals surface area contributed by atoms with Gasteiger partial charge in [-0.15, -0.1) is 11.3 Å². The van der Waals surface area contributed by atoms with Gasteiger partial charge >= 0.3 is 0 Å². The van der Waals surface area contributed by atoms with Crippen molar-refractivity contribution in [3.05, 3.63) is 28.6 Å². The molecule has 0 spiro atoms. The van der Waals surface area contributed by atoms with Crippen molar-refractivity contribution in [3.63, 3.8) is 0 Å². The van der Waals surface area contributed by atoms with Gasteiger partial charge in [-0.2, -0.15) is 5.26 Å². The predicted octanol–water partition coefficient (Wildman–Crippen LogP) is 2.79. The molecule has 0 saturated carbocycles. The molecule has 64 valence electrons. The lowest BCUT2D eigenvalue weighted by Gasteiger charge is -2.01. The van der Waals surface area contributed by atoms with Crippen molar-refractivity contribution in [1.29, 1.82) is 5.26 Å². The van der Waals surface area contributed by atoms with Crippen LogP contribution in [0.5, 0.6) is 5.75 Å². The Morgan fingerprint density at radius 3 is 3.00 bits per heavy atom. The molecule has 0 atom stereocenters. The first-order chi connectivity index (χ1) is 6.24. The highest BCUT2D eigenvalue weighted by molar-refractivity contribution is 7.17. The molecule has 0 aliphatic carbocycles. The normalized spacial score (nSPS) is 10.2. The van der Waals surface area contributed by atoms with Gasteiger partial charge in [0, 0.05) is 15.6 Å². The van der Waals surface area contributed by atoms with Gasteiger partial charge in [0.2, 0.25) is 0 Å². The highest BCUT2D eigenvalue weighted by Gasteiger charge is 2.08. The van der Waals surface area contributed by atoms with Gasteiger partial charge in [-0.3, -0.25) is 0 Å². The molecule has 3 heteroatoms. The lowest BCUT2D eigenvalue weighted by molar-refractivity contribution is 0.472. The molecule has 1 N–H and O–H groups in total. The van der Waals surface area contributed by atoms with Gasteiger partial charge in [-0.05, 0) is 24.4 Å². The molecule has 0 bridgehead atoms. The Kier molecular flexibility index (Phi) is 1.71. The molecule has 13 heavy (non-hydrogen) atoms. The summed E-state index contributed by atoms with van der Waals surface area (Å²) in [6.45, 7) is 1.86. The molecule has 0 aliphatic rings. The monoisotopic (exact) mass is 189 g/mol. The zero-order valence-corrected chi connectivity index (χ0v) is 7.85. The Morgan fingerprint density at radius 1 is 1.54 bits per heavy atom. The van der Waals surface area contributed by atoms with E-state index in [1.54, 1.807) is 11.3 Å². The summed E-state index contributed by atoms with van der Waals surface area (Å²) >= 11 is 1.55. The maximum absolute atomic E-state index is 9.50. The minimum Gasteiger partial charge on any atom is -0.508 e. The van der Waals surface area contributed by atoms with E-state index in [4.69, 9.17) is 5.26 Å². The van der Waals surface area contributed by atoms with Crippen molar-refractivity contribution in [2.24, 2.45) is 0 Å². The zero-order chi connectivity index (χ0) is 9.42. The Morgan fingerprint density at radius 2 is 2.31 bits per heavy atom. The third-order valence-electron chi connectivity index (χ3n) is 2.08.